The van der Waals surface area contributed by atoms with Gasteiger partial charge < -0.3 is 15.2 Å². The fourth-order valence-corrected chi connectivity index (χ4v) is 5.62. The summed E-state index contributed by atoms with van der Waals surface area (Å²) in [6, 6.07) is 6.66. The summed E-state index contributed by atoms with van der Waals surface area (Å²) in [6.07, 6.45) is 10.6. The summed E-state index contributed by atoms with van der Waals surface area (Å²) < 4.78 is 18.9. The second-order valence-electron chi connectivity index (χ2n) is 9.96. The van der Waals surface area contributed by atoms with Crippen molar-refractivity contribution >= 4 is 11.8 Å². The third-order valence-corrected chi connectivity index (χ3v) is 7.48. The Balaban J connectivity index is 1.35. The number of aromatic nitrogens is 2. The van der Waals surface area contributed by atoms with Crippen molar-refractivity contribution in [3.8, 4) is 0 Å². The number of aryl methyl sites for hydroxylation is 1. The average Bonchev–Trinajstić information content (AvgIpc) is 3.44. The van der Waals surface area contributed by atoms with E-state index in [1.807, 2.05) is 12.1 Å². The van der Waals surface area contributed by atoms with Crippen LogP contribution in [0, 0.1) is 5.82 Å². The van der Waals surface area contributed by atoms with Crippen molar-refractivity contribution in [3.63, 3.8) is 0 Å². The predicted octanol–water partition coefficient (Wildman–Crippen LogP) is 4.46. The molecule has 8 heteroatoms. The zero-order valence-corrected chi connectivity index (χ0v) is 20.0. The number of nitrogens with one attached hydrogen (secondary N) is 2. The predicted molar refractivity (Wildman–Crippen MR) is 125 cm³/mol. The number of hydrogen-bond donors (Lipinski definition) is 2. The van der Waals surface area contributed by atoms with Gasteiger partial charge in [-0.1, -0.05) is 55.8 Å². The molecule has 0 aliphatic heterocycles. The fraction of sp³-hybridized carbons (Fsp3) is 0.615. The Morgan fingerprint density at radius 2 is 1.65 bits per heavy atom. The van der Waals surface area contributed by atoms with Crippen LogP contribution in [0.1, 0.15) is 94.8 Å². The van der Waals surface area contributed by atoms with Crippen LogP contribution in [-0.4, -0.2) is 28.5 Å². The van der Waals surface area contributed by atoms with E-state index in [4.69, 9.17) is 4.52 Å². The minimum Gasteiger partial charge on any atom is -0.355 e. The molecule has 1 aromatic carbocycles. The highest BCUT2D eigenvalue weighted by atomic mass is 19.1. The van der Waals surface area contributed by atoms with Gasteiger partial charge in [0, 0.05) is 31.7 Å². The van der Waals surface area contributed by atoms with Crippen LogP contribution in [0.2, 0.25) is 0 Å². The molecular weight excluding hydrogens is 435 g/mol. The summed E-state index contributed by atoms with van der Waals surface area (Å²) in [7, 11) is 0. The SMILES string of the molecule is CC(=O)NC1(c2noc(CCC(=O)NCC3(c4ccc(F)cc4)CCCC3)n2)CCCCCC1. The molecule has 2 aliphatic carbocycles. The van der Waals surface area contributed by atoms with Crippen LogP contribution in [0.4, 0.5) is 4.39 Å². The number of carbonyl (C=O) groups excluding carboxylic acids is 2. The summed E-state index contributed by atoms with van der Waals surface area (Å²) >= 11 is 0. The van der Waals surface area contributed by atoms with E-state index in [1.54, 1.807) is 0 Å². The van der Waals surface area contributed by atoms with Crippen molar-refractivity contribution in [1.29, 1.82) is 0 Å². The smallest absolute Gasteiger partial charge is 0.227 e. The maximum Gasteiger partial charge on any atom is 0.227 e. The van der Waals surface area contributed by atoms with Crippen molar-refractivity contribution in [2.75, 3.05) is 6.54 Å². The van der Waals surface area contributed by atoms with Gasteiger partial charge in [0.15, 0.2) is 5.82 Å². The van der Waals surface area contributed by atoms with Crippen LogP contribution in [-0.2, 0) is 27.0 Å². The maximum atomic E-state index is 13.4. The molecule has 2 aromatic rings. The minimum atomic E-state index is -0.587. The highest BCUT2D eigenvalue weighted by Crippen LogP contribution is 2.40. The number of nitrogens with zero attached hydrogens (tertiary/aromatic N) is 2. The first kappa shape index (κ1) is 24.4. The number of benzene rings is 1. The van der Waals surface area contributed by atoms with Crippen molar-refractivity contribution in [2.24, 2.45) is 0 Å². The standard InChI is InChI=1S/C26H35FN4O3/c1-19(32)30-26(16-4-2-3-5-17-26)24-29-23(34-31-24)13-12-22(33)28-18-25(14-6-7-15-25)20-8-10-21(27)11-9-20/h8-11H,2-7,12-18H2,1H3,(H,28,33)(H,30,32). The summed E-state index contributed by atoms with van der Waals surface area (Å²) in [5, 5.41) is 10.3. The molecule has 0 spiro atoms. The highest BCUT2D eigenvalue weighted by Gasteiger charge is 2.38. The molecule has 2 amide bonds. The van der Waals surface area contributed by atoms with E-state index < -0.39 is 5.54 Å². The van der Waals surface area contributed by atoms with Crippen molar-refractivity contribution in [3.05, 3.63) is 47.4 Å². The Hall–Kier alpha value is -2.77. The first-order valence-electron chi connectivity index (χ1n) is 12.6. The maximum absolute atomic E-state index is 13.4. The second kappa shape index (κ2) is 10.7. The second-order valence-corrected chi connectivity index (χ2v) is 9.96. The van der Waals surface area contributed by atoms with E-state index in [-0.39, 0.29) is 29.5 Å². The number of amides is 2. The summed E-state index contributed by atoms with van der Waals surface area (Å²) in [5.41, 5.74) is 0.363. The van der Waals surface area contributed by atoms with Crippen LogP contribution in [0.5, 0.6) is 0 Å². The molecule has 0 unspecified atom stereocenters. The van der Waals surface area contributed by atoms with Gasteiger partial charge in [0.1, 0.15) is 11.4 Å². The van der Waals surface area contributed by atoms with E-state index in [0.717, 1.165) is 69.8 Å². The molecule has 1 aromatic heterocycles. The molecule has 2 N–H and O–H groups in total. The molecule has 34 heavy (non-hydrogen) atoms. The molecule has 2 saturated carbocycles. The molecule has 1 heterocycles. The van der Waals surface area contributed by atoms with Gasteiger partial charge >= 0.3 is 0 Å². The first-order valence-corrected chi connectivity index (χ1v) is 12.6. The molecule has 7 nitrogen and oxygen atoms in total. The van der Waals surface area contributed by atoms with Gasteiger partial charge in [0.2, 0.25) is 17.7 Å². The van der Waals surface area contributed by atoms with Gasteiger partial charge in [-0.05, 0) is 43.4 Å². The van der Waals surface area contributed by atoms with Crippen molar-refractivity contribution in [1.82, 2.24) is 20.8 Å². The fourth-order valence-electron chi connectivity index (χ4n) is 5.62. The first-order chi connectivity index (χ1) is 16.4. The third kappa shape index (κ3) is 5.65. The third-order valence-electron chi connectivity index (χ3n) is 7.48. The van der Waals surface area contributed by atoms with E-state index in [9.17, 15) is 14.0 Å². The molecular formula is C26H35FN4O3. The zero-order valence-electron chi connectivity index (χ0n) is 20.0. The quantitative estimate of drug-likeness (QED) is 0.556. The van der Waals surface area contributed by atoms with Crippen LogP contribution in [0.15, 0.2) is 28.8 Å². The Kier molecular flexibility index (Phi) is 7.63. The van der Waals surface area contributed by atoms with Crippen LogP contribution < -0.4 is 10.6 Å². The van der Waals surface area contributed by atoms with Crippen molar-refractivity contribution < 1.29 is 18.5 Å². The topological polar surface area (TPSA) is 97.1 Å². The van der Waals surface area contributed by atoms with Gasteiger partial charge in [-0.3, -0.25) is 9.59 Å². The Labute approximate surface area is 200 Å². The molecule has 4 rings (SSSR count). The lowest BCUT2D eigenvalue weighted by atomic mass is 9.79. The Morgan fingerprint density at radius 3 is 2.29 bits per heavy atom. The van der Waals surface area contributed by atoms with Crippen LogP contribution in [0.25, 0.3) is 0 Å². The number of rotatable bonds is 8. The summed E-state index contributed by atoms with van der Waals surface area (Å²) in [5.74, 6) is 0.507. The Bertz CT molecular complexity index is 974. The van der Waals surface area contributed by atoms with Gasteiger partial charge in [-0.25, -0.2) is 4.39 Å². The van der Waals surface area contributed by atoms with E-state index in [0.29, 0.717) is 24.7 Å². The van der Waals surface area contributed by atoms with E-state index in [1.165, 1.54) is 19.1 Å². The monoisotopic (exact) mass is 470 g/mol. The zero-order chi connectivity index (χ0) is 24.0. The van der Waals surface area contributed by atoms with Crippen LogP contribution >= 0.6 is 0 Å². The lowest BCUT2D eigenvalue weighted by molar-refractivity contribution is -0.122. The van der Waals surface area contributed by atoms with E-state index in [2.05, 4.69) is 20.8 Å². The lowest BCUT2D eigenvalue weighted by Gasteiger charge is -2.30. The van der Waals surface area contributed by atoms with E-state index >= 15 is 0 Å². The molecule has 0 atom stereocenters. The largest absolute Gasteiger partial charge is 0.355 e. The van der Waals surface area contributed by atoms with Crippen molar-refractivity contribution in [2.45, 2.75) is 94.9 Å². The van der Waals surface area contributed by atoms with Gasteiger partial charge in [-0.2, -0.15) is 4.98 Å². The molecule has 0 bridgehead atoms. The minimum absolute atomic E-state index is 0.0702. The molecule has 0 radical (unpaired) electrons. The normalized spacial score (nSPS) is 19.4. The number of hydrogen-bond acceptors (Lipinski definition) is 5. The van der Waals surface area contributed by atoms with Crippen LogP contribution in [0.3, 0.4) is 0 Å². The van der Waals surface area contributed by atoms with Gasteiger partial charge in [0.05, 0.1) is 0 Å². The average molecular weight is 471 g/mol. The summed E-state index contributed by atoms with van der Waals surface area (Å²) in [4.78, 5) is 29.1. The Morgan fingerprint density at radius 1 is 1.00 bits per heavy atom. The van der Waals surface area contributed by atoms with Gasteiger partial charge in [0.25, 0.3) is 0 Å². The highest BCUT2D eigenvalue weighted by molar-refractivity contribution is 5.76. The lowest BCUT2D eigenvalue weighted by Crippen LogP contribution is -2.45. The number of halogens is 1. The molecule has 2 fully saturated rings. The molecule has 184 valence electrons. The summed E-state index contributed by atoms with van der Waals surface area (Å²) in [6.45, 7) is 2.05. The van der Waals surface area contributed by atoms with Gasteiger partial charge in [-0.15, -0.1) is 0 Å². The number of carbonyl (C=O) groups is 2. The molecule has 2 aliphatic rings. The molecule has 0 saturated heterocycles.